The molecule has 0 aliphatic heterocycles. The molecule has 0 aliphatic carbocycles. The molecule has 0 fully saturated rings. The van der Waals surface area contributed by atoms with Crippen LogP contribution in [0.1, 0.15) is 10.4 Å². The van der Waals surface area contributed by atoms with Crippen LogP contribution in [0, 0.1) is 0 Å². The van der Waals surface area contributed by atoms with Gasteiger partial charge in [-0.15, -0.1) is 0 Å². The molecular weight excluding hydrogens is 194 g/mol. The molecule has 76 valence electrons. The lowest BCUT2D eigenvalue weighted by Gasteiger charge is -2.03. The van der Waals surface area contributed by atoms with Crippen molar-refractivity contribution < 1.29 is 9.53 Å². The van der Waals surface area contributed by atoms with E-state index in [1.54, 1.807) is 24.3 Å². The lowest BCUT2D eigenvalue weighted by Crippen LogP contribution is -2.09. The summed E-state index contributed by atoms with van der Waals surface area (Å²) in [6.45, 7) is 0.0771. The van der Waals surface area contributed by atoms with Gasteiger partial charge in [0.1, 0.15) is 12.7 Å². The molecule has 0 amide bonds. The van der Waals surface area contributed by atoms with Gasteiger partial charge in [-0.05, 0) is 12.1 Å². The molecular formula is C10H9N3O2. The van der Waals surface area contributed by atoms with Crippen molar-refractivity contribution in [3.63, 3.8) is 0 Å². The maximum atomic E-state index is 11.5. The van der Waals surface area contributed by atoms with Crippen LogP contribution in [0.3, 0.4) is 0 Å². The Balaban J connectivity index is 1.94. The Hall–Kier alpha value is -2.17. The fourth-order valence-electron chi connectivity index (χ4n) is 1.08. The molecule has 1 aromatic heterocycles. The van der Waals surface area contributed by atoms with Crippen molar-refractivity contribution in [2.24, 2.45) is 0 Å². The summed E-state index contributed by atoms with van der Waals surface area (Å²) in [4.78, 5) is 15.2. The van der Waals surface area contributed by atoms with Gasteiger partial charge in [-0.3, -0.25) is 0 Å². The van der Waals surface area contributed by atoms with Crippen molar-refractivity contribution in [3.8, 4) is 0 Å². The Bertz CT molecular complexity index is 425. The minimum Gasteiger partial charge on any atom is -0.439 e. The molecule has 0 saturated heterocycles. The number of nitrogens with zero attached hydrogens (tertiary/aromatic N) is 3. The second-order valence-electron chi connectivity index (χ2n) is 2.86. The van der Waals surface area contributed by atoms with Gasteiger partial charge in [-0.25, -0.2) is 14.5 Å². The van der Waals surface area contributed by atoms with Crippen molar-refractivity contribution >= 4 is 5.97 Å². The Morgan fingerprint density at radius 3 is 2.80 bits per heavy atom. The quantitative estimate of drug-likeness (QED) is 0.701. The number of esters is 1. The minimum absolute atomic E-state index is 0.0771. The molecule has 5 heteroatoms. The van der Waals surface area contributed by atoms with Crippen LogP contribution in [0.15, 0.2) is 43.0 Å². The predicted molar refractivity (Wildman–Crippen MR) is 51.9 cm³/mol. The summed E-state index contributed by atoms with van der Waals surface area (Å²) < 4.78 is 6.43. The number of aromatic nitrogens is 3. The number of carbonyl (C=O) groups excluding carboxylic acids is 1. The second-order valence-corrected chi connectivity index (χ2v) is 2.86. The fraction of sp³-hybridized carbons (Fsp3) is 0.100. The van der Waals surface area contributed by atoms with Crippen LogP contribution in [0.2, 0.25) is 0 Å². The Morgan fingerprint density at radius 1 is 1.33 bits per heavy atom. The fourth-order valence-corrected chi connectivity index (χ4v) is 1.08. The molecule has 1 aromatic carbocycles. The van der Waals surface area contributed by atoms with Crippen molar-refractivity contribution in [2.45, 2.75) is 6.73 Å². The molecule has 2 rings (SSSR count). The maximum absolute atomic E-state index is 11.5. The molecule has 1 heterocycles. The Labute approximate surface area is 86.3 Å². The van der Waals surface area contributed by atoms with Gasteiger partial charge in [0.05, 0.1) is 5.56 Å². The average Bonchev–Trinajstić information content (AvgIpc) is 2.80. The number of hydrogen-bond acceptors (Lipinski definition) is 4. The van der Waals surface area contributed by atoms with E-state index in [9.17, 15) is 4.79 Å². The van der Waals surface area contributed by atoms with Crippen LogP contribution in [0.4, 0.5) is 0 Å². The highest BCUT2D eigenvalue weighted by Crippen LogP contribution is 2.01. The molecule has 0 bridgehead atoms. The number of ether oxygens (including phenoxy) is 1. The van der Waals surface area contributed by atoms with E-state index in [2.05, 4.69) is 10.1 Å². The molecule has 0 saturated carbocycles. The van der Waals surface area contributed by atoms with Crippen molar-refractivity contribution in [3.05, 3.63) is 48.5 Å². The number of hydrogen-bond donors (Lipinski definition) is 0. The molecule has 0 N–H and O–H groups in total. The minimum atomic E-state index is -0.369. The molecule has 2 aromatic rings. The van der Waals surface area contributed by atoms with Gasteiger partial charge in [0.25, 0.3) is 0 Å². The van der Waals surface area contributed by atoms with Gasteiger partial charge >= 0.3 is 5.97 Å². The topological polar surface area (TPSA) is 57.0 Å². The zero-order chi connectivity index (χ0) is 10.5. The third-order valence-corrected chi connectivity index (χ3v) is 1.80. The van der Waals surface area contributed by atoms with E-state index in [1.807, 2.05) is 6.07 Å². The molecule has 0 aliphatic rings. The summed E-state index contributed by atoms with van der Waals surface area (Å²) in [7, 11) is 0. The first kappa shape index (κ1) is 9.39. The standard InChI is InChI=1S/C10H9N3O2/c14-10(9-4-2-1-3-5-9)15-8-13-7-11-6-12-13/h1-7H,8H2. The molecule has 5 nitrogen and oxygen atoms in total. The van der Waals surface area contributed by atoms with Crippen LogP contribution >= 0.6 is 0 Å². The van der Waals surface area contributed by atoms with Crippen LogP contribution in [-0.2, 0) is 11.5 Å². The van der Waals surface area contributed by atoms with Gasteiger partial charge in [-0.2, -0.15) is 5.10 Å². The van der Waals surface area contributed by atoms with Crippen molar-refractivity contribution in [1.29, 1.82) is 0 Å². The Morgan fingerprint density at radius 2 is 2.13 bits per heavy atom. The highest BCUT2D eigenvalue weighted by atomic mass is 16.5. The highest BCUT2D eigenvalue weighted by molar-refractivity contribution is 5.89. The number of rotatable bonds is 3. The van der Waals surface area contributed by atoms with Crippen molar-refractivity contribution in [1.82, 2.24) is 14.8 Å². The van der Waals surface area contributed by atoms with Gasteiger partial charge in [0.2, 0.25) is 0 Å². The van der Waals surface area contributed by atoms with E-state index >= 15 is 0 Å². The summed E-state index contributed by atoms with van der Waals surface area (Å²) in [5.41, 5.74) is 0.526. The smallest absolute Gasteiger partial charge is 0.339 e. The first-order valence-corrected chi connectivity index (χ1v) is 4.41. The first-order chi connectivity index (χ1) is 7.36. The van der Waals surface area contributed by atoms with Crippen LogP contribution < -0.4 is 0 Å². The van der Waals surface area contributed by atoms with Crippen molar-refractivity contribution in [2.75, 3.05) is 0 Å². The van der Waals surface area contributed by atoms with Crippen LogP contribution in [0.25, 0.3) is 0 Å². The summed E-state index contributed by atoms with van der Waals surface area (Å²) in [6.07, 6.45) is 2.87. The predicted octanol–water partition coefficient (Wildman–Crippen LogP) is 1.09. The zero-order valence-corrected chi connectivity index (χ0v) is 7.91. The largest absolute Gasteiger partial charge is 0.439 e. The summed E-state index contributed by atoms with van der Waals surface area (Å²) in [6, 6.07) is 8.81. The third-order valence-electron chi connectivity index (χ3n) is 1.80. The molecule has 0 radical (unpaired) electrons. The van der Waals surface area contributed by atoms with Gasteiger partial charge in [0.15, 0.2) is 6.73 Å². The van der Waals surface area contributed by atoms with Crippen LogP contribution in [-0.4, -0.2) is 20.7 Å². The van der Waals surface area contributed by atoms with Gasteiger partial charge in [-0.1, -0.05) is 18.2 Å². The zero-order valence-electron chi connectivity index (χ0n) is 7.91. The maximum Gasteiger partial charge on any atom is 0.339 e. The van der Waals surface area contributed by atoms with Gasteiger partial charge < -0.3 is 4.74 Å². The molecule has 0 atom stereocenters. The van der Waals surface area contributed by atoms with E-state index in [-0.39, 0.29) is 12.7 Å². The summed E-state index contributed by atoms with van der Waals surface area (Å²) in [5, 5.41) is 3.81. The van der Waals surface area contributed by atoms with Gasteiger partial charge in [0, 0.05) is 0 Å². The average molecular weight is 203 g/mol. The number of carbonyl (C=O) groups is 1. The summed E-state index contributed by atoms with van der Waals surface area (Å²) in [5.74, 6) is -0.369. The lowest BCUT2D eigenvalue weighted by molar-refractivity contribution is 0.0349. The Kier molecular flexibility index (Phi) is 2.73. The van der Waals surface area contributed by atoms with E-state index in [4.69, 9.17) is 4.74 Å². The summed E-state index contributed by atoms with van der Waals surface area (Å²) >= 11 is 0. The van der Waals surface area contributed by atoms with E-state index in [0.29, 0.717) is 5.56 Å². The van der Waals surface area contributed by atoms with E-state index < -0.39 is 0 Å². The normalized spacial score (nSPS) is 9.87. The second kappa shape index (κ2) is 4.36. The third kappa shape index (κ3) is 2.40. The van der Waals surface area contributed by atoms with E-state index in [0.717, 1.165) is 0 Å². The molecule has 0 unspecified atom stereocenters. The van der Waals surface area contributed by atoms with Crippen LogP contribution in [0.5, 0.6) is 0 Å². The lowest BCUT2D eigenvalue weighted by atomic mass is 10.2. The molecule has 15 heavy (non-hydrogen) atoms. The number of benzene rings is 1. The monoisotopic (exact) mass is 203 g/mol. The molecule has 0 spiro atoms. The first-order valence-electron chi connectivity index (χ1n) is 4.41. The highest BCUT2D eigenvalue weighted by Gasteiger charge is 2.05. The SMILES string of the molecule is O=C(OCn1cncn1)c1ccccc1. The van der Waals surface area contributed by atoms with E-state index in [1.165, 1.54) is 17.3 Å².